The number of carboxylic acid groups (broad SMARTS) is 1. The first kappa shape index (κ1) is 14.0. The van der Waals surface area contributed by atoms with Crippen LogP contribution in [0.5, 0.6) is 5.75 Å². The lowest BCUT2D eigenvalue weighted by Gasteiger charge is -2.09. The van der Waals surface area contributed by atoms with Crippen molar-refractivity contribution in [1.82, 2.24) is 5.32 Å². The number of aliphatic carboxylic acids is 1. The third-order valence-electron chi connectivity index (χ3n) is 2.10. The highest BCUT2D eigenvalue weighted by atomic mass is 79.9. The van der Waals surface area contributed by atoms with Gasteiger partial charge in [0.2, 0.25) is 0 Å². The van der Waals surface area contributed by atoms with Gasteiger partial charge in [-0.3, -0.25) is 9.59 Å². The monoisotopic (exact) mass is 321 g/mol. The first-order chi connectivity index (χ1) is 7.88. The van der Waals surface area contributed by atoms with Crippen LogP contribution in [0.25, 0.3) is 0 Å². The Hall–Kier alpha value is -1.08. The molecule has 0 saturated carbocycles. The Morgan fingerprint density at radius 3 is 2.59 bits per heavy atom. The fraction of sp³-hybridized carbons (Fsp3) is 0.400. The Morgan fingerprint density at radius 2 is 2.12 bits per heavy atom. The van der Waals surface area contributed by atoms with Crippen molar-refractivity contribution >= 4 is 39.1 Å². The fourth-order valence-corrected chi connectivity index (χ4v) is 2.81. The molecule has 1 amide bonds. The number of aryl methyl sites for hydroxylation is 1. The van der Waals surface area contributed by atoms with Crippen LogP contribution >= 0.6 is 27.3 Å². The minimum absolute atomic E-state index is 0.366. The maximum absolute atomic E-state index is 11.8. The predicted molar refractivity (Wildman–Crippen MR) is 67.9 cm³/mol. The zero-order valence-electron chi connectivity index (χ0n) is 9.54. The molecule has 1 rings (SSSR count). The van der Waals surface area contributed by atoms with Crippen molar-refractivity contribution < 1.29 is 19.4 Å². The van der Waals surface area contributed by atoms with Crippen LogP contribution < -0.4 is 10.1 Å². The third kappa shape index (κ3) is 2.98. The molecule has 1 aromatic rings. The molecule has 0 spiro atoms. The second kappa shape index (κ2) is 5.50. The largest absolute Gasteiger partial charge is 0.494 e. The summed E-state index contributed by atoms with van der Waals surface area (Å²) in [7, 11) is 1.46. The molecule has 2 N–H and O–H groups in total. The van der Waals surface area contributed by atoms with Crippen molar-refractivity contribution in [2.75, 3.05) is 7.11 Å². The first-order valence-electron chi connectivity index (χ1n) is 4.75. The molecule has 0 bridgehead atoms. The van der Waals surface area contributed by atoms with Crippen LogP contribution in [0.2, 0.25) is 0 Å². The van der Waals surface area contributed by atoms with Crippen molar-refractivity contribution in [1.29, 1.82) is 0 Å². The second-order valence-corrected chi connectivity index (χ2v) is 5.39. The van der Waals surface area contributed by atoms with Gasteiger partial charge in [-0.15, -0.1) is 11.3 Å². The number of hydrogen-bond donors (Lipinski definition) is 2. The molecule has 5 nitrogen and oxygen atoms in total. The average molecular weight is 322 g/mol. The standard InChI is InChI=1S/C10H12BrNO4S/c1-4(10(14)15)12-9(13)8-7(16-3)6(11)5(2)17-8/h4H,1-3H3,(H,12,13)(H,14,15). The van der Waals surface area contributed by atoms with E-state index in [1.807, 2.05) is 6.92 Å². The summed E-state index contributed by atoms with van der Waals surface area (Å²) in [6.07, 6.45) is 0. The van der Waals surface area contributed by atoms with Crippen molar-refractivity contribution in [3.8, 4) is 5.75 Å². The van der Waals surface area contributed by atoms with E-state index in [0.717, 1.165) is 9.35 Å². The lowest BCUT2D eigenvalue weighted by Crippen LogP contribution is -2.38. The van der Waals surface area contributed by atoms with Gasteiger partial charge in [0.05, 0.1) is 11.6 Å². The van der Waals surface area contributed by atoms with Crippen molar-refractivity contribution in [3.63, 3.8) is 0 Å². The number of halogens is 1. The lowest BCUT2D eigenvalue weighted by molar-refractivity contribution is -0.138. The van der Waals surface area contributed by atoms with Crippen molar-refractivity contribution in [2.45, 2.75) is 19.9 Å². The molecule has 0 saturated heterocycles. The quantitative estimate of drug-likeness (QED) is 0.889. The Kier molecular flexibility index (Phi) is 4.53. The number of carboxylic acids is 1. The van der Waals surface area contributed by atoms with Crippen LogP contribution in [0, 0.1) is 6.92 Å². The van der Waals surface area contributed by atoms with E-state index < -0.39 is 17.9 Å². The van der Waals surface area contributed by atoms with Crippen molar-refractivity contribution in [2.24, 2.45) is 0 Å². The van der Waals surface area contributed by atoms with Crippen LogP contribution in [-0.2, 0) is 4.79 Å². The molecule has 0 fully saturated rings. The number of nitrogens with one attached hydrogen (secondary N) is 1. The predicted octanol–water partition coefficient (Wildman–Crippen LogP) is 2.03. The minimum atomic E-state index is -1.08. The Labute approximate surface area is 111 Å². The summed E-state index contributed by atoms with van der Waals surface area (Å²) >= 11 is 4.56. The molecule has 1 aromatic heterocycles. The van der Waals surface area contributed by atoms with E-state index in [1.165, 1.54) is 25.4 Å². The van der Waals surface area contributed by atoms with E-state index >= 15 is 0 Å². The number of carbonyl (C=O) groups is 2. The number of carbonyl (C=O) groups excluding carboxylic acids is 1. The summed E-state index contributed by atoms with van der Waals surface area (Å²) in [6.45, 7) is 3.25. The van der Waals surface area contributed by atoms with E-state index in [2.05, 4.69) is 21.2 Å². The highest BCUT2D eigenvalue weighted by Crippen LogP contribution is 2.38. The zero-order valence-corrected chi connectivity index (χ0v) is 11.9. The van der Waals surface area contributed by atoms with Crippen LogP contribution in [0.15, 0.2) is 4.47 Å². The summed E-state index contributed by atoms with van der Waals surface area (Å²) in [5.74, 6) is -1.09. The van der Waals surface area contributed by atoms with E-state index in [1.54, 1.807) is 0 Å². The molecule has 0 aliphatic heterocycles. The van der Waals surface area contributed by atoms with E-state index in [4.69, 9.17) is 9.84 Å². The molecule has 17 heavy (non-hydrogen) atoms. The molecule has 0 aromatic carbocycles. The number of rotatable bonds is 4. The van der Waals surface area contributed by atoms with Crippen LogP contribution in [0.4, 0.5) is 0 Å². The molecule has 0 aliphatic carbocycles. The summed E-state index contributed by atoms with van der Waals surface area (Å²) in [5.41, 5.74) is 0. The van der Waals surface area contributed by atoms with Crippen LogP contribution in [0.3, 0.4) is 0 Å². The van der Waals surface area contributed by atoms with Gasteiger partial charge in [-0.2, -0.15) is 0 Å². The molecule has 1 atom stereocenters. The van der Waals surface area contributed by atoms with Gasteiger partial charge in [0.1, 0.15) is 10.9 Å². The van der Waals surface area contributed by atoms with Crippen LogP contribution in [-0.4, -0.2) is 30.1 Å². The SMILES string of the molecule is COc1c(C(=O)NC(C)C(=O)O)sc(C)c1Br. The molecular weight excluding hydrogens is 310 g/mol. The molecule has 1 unspecified atom stereocenters. The van der Waals surface area contributed by atoms with Gasteiger partial charge in [0, 0.05) is 4.88 Å². The second-order valence-electron chi connectivity index (χ2n) is 3.37. The maximum Gasteiger partial charge on any atom is 0.325 e. The molecular formula is C10H12BrNO4S. The molecule has 0 aliphatic rings. The number of methoxy groups -OCH3 is 1. The third-order valence-corrected chi connectivity index (χ3v) is 4.40. The minimum Gasteiger partial charge on any atom is -0.494 e. The van der Waals surface area contributed by atoms with Gasteiger partial charge in [0.15, 0.2) is 5.75 Å². The summed E-state index contributed by atoms with van der Waals surface area (Å²) in [6, 6.07) is -0.937. The highest BCUT2D eigenvalue weighted by molar-refractivity contribution is 9.10. The lowest BCUT2D eigenvalue weighted by atomic mass is 10.3. The number of amides is 1. The van der Waals surface area contributed by atoms with E-state index in [9.17, 15) is 9.59 Å². The van der Waals surface area contributed by atoms with E-state index in [0.29, 0.717) is 10.6 Å². The summed E-state index contributed by atoms with van der Waals surface area (Å²) in [5, 5.41) is 11.1. The topological polar surface area (TPSA) is 75.6 Å². The van der Waals surface area contributed by atoms with E-state index in [-0.39, 0.29) is 0 Å². The zero-order chi connectivity index (χ0) is 13.2. The van der Waals surface area contributed by atoms with Gasteiger partial charge >= 0.3 is 5.97 Å². The Morgan fingerprint density at radius 1 is 1.53 bits per heavy atom. The van der Waals surface area contributed by atoms with Gasteiger partial charge in [-0.1, -0.05) is 0 Å². The van der Waals surface area contributed by atoms with Gasteiger partial charge < -0.3 is 15.2 Å². The van der Waals surface area contributed by atoms with Gasteiger partial charge in [0.25, 0.3) is 5.91 Å². The molecule has 94 valence electrons. The van der Waals surface area contributed by atoms with Crippen molar-refractivity contribution in [3.05, 3.63) is 14.2 Å². The van der Waals surface area contributed by atoms with Crippen LogP contribution in [0.1, 0.15) is 21.5 Å². The molecule has 7 heteroatoms. The maximum atomic E-state index is 11.8. The normalized spacial score (nSPS) is 12.0. The van der Waals surface area contributed by atoms with Gasteiger partial charge in [-0.25, -0.2) is 0 Å². The smallest absolute Gasteiger partial charge is 0.325 e. The Balaban J connectivity index is 2.97. The number of hydrogen-bond acceptors (Lipinski definition) is 4. The first-order valence-corrected chi connectivity index (χ1v) is 6.36. The summed E-state index contributed by atoms with van der Waals surface area (Å²) < 4.78 is 5.84. The molecule has 0 radical (unpaired) electrons. The Bertz CT molecular complexity index is 457. The molecule has 1 heterocycles. The average Bonchev–Trinajstić information content (AvgIpc) is 2.55. The summed E-state index contributed by atoms with van der Waals surface area (Å²) in [4.78, 5) is 23.7. The highest BCUT2D eigenvalue weighted by Gasteiger charge is 2.23. The fourth-order valence-electron chi connectivity index (χ4n) is 1.16. The van der Waals surface area contributed by atoms with Gasteiger partial charge in [-0.05, 0) is 29.8 Å². The number of thiophene rings is 1. The number of ether oxygens (including phenoxy) is 1.